The zero-order valence-corrected chi connectivity index (χ0v) is 14.2. The number of hydrogen-bond acceptors (Lipinski definition) is 4. The van der Waals surface area contributed by atoms with Crippen LogP contribution in [0.5, 0.6) is 0 Å². The maximum atomic E-state index is 11.7. The summed E-state index contributed by atoms with van der Waals surface area (Å²) in [6, 6.07) is 6.72. The zero-order valence-electron chi connectivity index (χ0n) is 13.3. The highest BCUT2D eigenvalue weighted by atomic mass is 35.5. The number of anilines is 1. The van der Waals surface area contributed by atoms with Crippen LogP contribution in [0.1, 0.15) is 37.6 Å². The summed E-state index contributed by atoms with van der Waals surface area (Å²) in [5.74, 6) is -0.0796. The molecular weight excluding hydrogens is 304 g/mol. The molecule has 0 saturated heterocycles. The number of carbonyl (C=O) groups excluding carboxylic acids is 2. The minimum Gasteiger partial charge on any atom is -0.462 e. The summed E-state index contributed by atoms with van der Waals surface area (Å²) in [7, 11) is 0. The van der Waals surface area contributed by atoms with Crippen molar-refractivity contribution < 1.29 is 14.3 Å². The Hall–Kier alpha value is -1.59. The Kier molecular flexibility index (Phi) is 10.2. The second kappa shape index (κ2) is 11.0. The highest BCUT2D eigenvalue weighted by Crippen LogP contribution is 2.11. The summed E-state index contributed by atoms with van der Waals surface area (Å²) in [5.41, 5.74) is 1.17. The summed E-state index contributed by atoms with van der Waals surface area (Å²) in [6.07, 6.45) is 0.423. The van der Waals surface area contributed by atoms with Gasteiger partial charge in [0.05, 0.1) is 12.2 Å². The van der Waals surface area contributed by atoms with Gasteiger partial charge in [-0.15, -0.1) is 12.4 Å². The van der Waals surface area contributed by atoms with Crippen LogP contribution in [-0.2, 0) is 9.53 Å². The molecule has 22 heavy (non-hydrogen) atoms. The molecule has 1 amide bonds. The SMILES string of the molecule is CCNCCC(=O)Nc1ccc(C(=O)OCC(C)C)cc1.Cl. The van der Waals surface area contributed by atoms with E-state index in [4.69, 9.17) is 4.74 Å². The van der Waals surface area contributed by atoms with Crippen molar-refractivity contribution in [1.82, 2.24) is 5.32 Å². The van der Waals surface area contributed by atoms with E-state index in [-0.39, 0.29) is 24.3 Å². The van der Waals surface area contributed by atoms with E-state index in [1.807, 2.05) is 20.8 Å². The molecule has 0 bridgehead atoms. The van der Waals surface area contributed by atoms with Gasteiger partial charge in [0.2, 0.25) is 5.91 Å². The normalized spacial score (nSPS) is 10.0. The van der Waals surface area contributed by atoms with Crippen molar-refractivity contribution >= 4 is 30.0 Å². The van der Waals surface area contributed by atoms with Crippen LogP contribution in [0.15, 0.2) is 24.3 Å². The van der Waals surface area contributed by atoms with E-state index in [0.29, 0.717) is 36.7 Å². The monoisotopic (exact) mass is 328 g/mol. The predicted octanol–water partition coefficient (Wildman–Crippen LogP) is 2.86. The third-order valence-electron chi connectivity index (χ3n) is 2.73. The predicted molar refractivity (Wildman–Crippen MR) is 90.6 cm³/mol. The fraction of sp³-hybridized carbons (Fsp3) is 0.500. The lowest BCUT2D eigenvalue weighted by molar-refractivity contribution is -0.116. The van der Waals surface area contributed by atoms with Gasteiger partial charge in [0.1, 0.15) is 0 Å². The maximum Gasteiger partial charge on any atom is 0.338 e. The molecule has 1 rings (SSSR count). The highest BCUT2D eigenvalue weighted by molar-refractivity contribution is 5.93. The van der Waals surface area contributed by atoms with Gasteiger partial charge in [0, 0.05) is 18.7 Å². The molecule has 0 fully saturated rings. The van der Waals surface area contributed by atoms with E-state index in [2.05, 4.69) is 10.6 Å². The van der Waals surface area contributed by atoms with E-state index < -0.39 is 0 Å². The van der Waals surface area contributed by atoms with Crippen LogP contribution in [0.4, 0.5) is 5.69 Å². The number of nitrogens with one attached hydrogen (secondary N) is 2. The number of ether oxygens (including phenoxy) is 1. The van der Waals surface area contributed by atoms with E-state index >= 15 is 0 Å². The number of rotatable bonds is 8. The molecule has 124 valence electrons. The van der Waals surface area contributed by atoms with Gasteiger partial charge < -0.3 is 15.4 Å². The number of carbonyl (C=O) groups is 2. The Morgan fingerprint density at radius 1 is 1.18 bits per heavy atom. The number of esters is 1. The van der Waals surface area contributed by atoms with Crippen LogP contribution in [0.25, 0.3) is 0 Å². The number of amides is 1. The third-order valence-corrected chi connectivity index (χ3v) is 2.73. The van der Waals surface area contributed by atoms with Crippen LogP contribution in [-0.4, -0.2) is 31.6 Å². The molecule has 0 radical (unpaired) electrons. The second-order valence-electron chi connectivity index (χ2n) is 5.22. The van der Waals surface area contributed by atoms with E-state index in [9.17, 15) is 9.59 Å². The average molecular weight is 329 g/mol. The lowest BCUT2D eigenvalue weighted by atomic mass is 10.2. The summed E-state index contributed by atoms with van der Waals surface area (Å²) in [5, 5.41) is 5.88. The van der Waals surface area contributed by atoms with Gasteiger partial charge in [-0.05, 0) is 36.7 Å². The zero-order chi connectivity index (χ0) is 15.7. The summed E-state index contributed by atoms with van der Waals surface area (Å²) in [6.45, 7) is 7.87. The van der Waals surface area contributed by atoms with E-state index in [0.717, 1.165) is 6.54 Å². The second-order valence-corrected chi connectivity index (χ2v) is 5.22. The standard InChI is InChI=1S/C16H24N2O3.ClH/c1-4-17-10-9-15(19)18-14-7-5-13(6-8-14)16(20)21-11-12(2)3;/h5-8,12,17H,4,9-11H2,1-3H3,(H,18,19);1H. The molecule has 0 heterocycles. The molecule has 0 aliphatic rings. The Morgan fingerprint density at radius 2 is 1.82 bits per heavy atom. The quantitative estimate of drug-likeness (QED) is 0.569. The van der Waals surface area contributed by atoms with E-state index in [1.165, 1.54) is 0 Å². The number of benzene rings is 1. The minimum atomic E-state index is -0.339. The van der Waals surface area contributed by atoms with Crippen LogP contribution in [0.2, 0.25) is 0 Å². The molecule has 0 spiro atoms. The molecular formula is C16H25ClN2O3. The molecule has 1 aromatic carbocycles. The van der Waals surface area contributed by atoms with Gasteiger partial charge in [0.15, 0.2) is 0 Å². The first-order valence-electron chi connectivity index (χ1n) is 7.30. The first kappa shape index (κ1) is 20.4. The van der Waals surface area contributed by atoms with Gasteiger partial charge >= 0.3 is 5.97 Å². The molecule has 6 heteroatoms. The summed E-state index contributed by atoms with van der Waals surface area (Å²) in [4.78, 5) is 23.4. The van der Waals surface area contributed by atoms with Crippen molar-refractivity contribution in [1.29, 1.82) is 0 Å². The highest BCUT2D eigenvalue weighted by Gasteiger charge is 2.08. The largest absolute Gasteiger partial charge is 0.462 e. The van der Waals surface area contributed by atoms with Crippen LogP contribution < -0.4 is 10.6 Å². The van der Waals surface area contributed by atoms with Crippen LogP contribution in [0.3, 0.4) is 0 Å². The lowest BCUT2D eigenvalue weighted by Gasteiger charge is -2.08. The van der Waals surface area contributed by atoms with Crippen molar-refractivity contribution in [2.24, 2.45) is 5.92 Å². The van der Waals surface area contributed by atoms with Crippen LogP contribution >= 0.6 is 12.4 Å². The van der Waals surface area contributed by atoms with Gasteiger partial charge in [-0.3, -0.25) is 4.79 Å². The van der Waals surface area contributed by atoms with Crippen molar-refractivity contribution in [2.75, 3.05) is 25.0 Å². The summed E-state index contributed by atoms with van der Waals surface area (Å²) < 4.78 is 5.14. The average Bonchev–Trinajstić information content (AvgIpc) is 2.45. The molecule has 0 atom stereocenters. The van der Waals surface area contributed by atoms with Gasteiger partial charge in [-0.1, -0.05) is 20.8 Å². The number of halogens is 1. The molecule has 0 saturated carbocycles. The fourth-order valence-corrected chi connectivity index (χ4v) is 1.62. The Bertz CT molecular complexity index is 461. The van der Waals surface area contributed by atoms with Crippen molar-refractivity contribution in [3.05, 3.63) is 29.8 Å². The topological polar surface area (TPSA) is 67.4 Å². The Labute approximate surface area is 138 Å². The molecule has 0 aliphatic carbocycles. The van der Waals surface area contributed by atoms with Gasteiger partial charge in [-0.25, -0.2) is 4.79 Å². The molecule has 1 aromatic rings. The van der Waals surface area contributed by atoms with Crippen molar-refractivity contribution in [3.63, 3.8) is 0 Å². The van der Waals surface area contributed by atoms with Crippen molar-refractivity contribution in [2.45, 2.75) is 27.2 Å². The van der Waals surface area contributed by atoms with Crippen molar-refractivity contribution in [3.8, 4) is 0 Å². The lowest BCUT2D eigenvalue weighted by Crippen LogP contribution is -2.21. The molecule has 0 aromatic heterocycles. The molecule has 2 N–H and O–H groups in total. The first-order chi connectivity index (χ1) is 10.0. The maximum absolute atomic E-state index is 11.7. The molecule has 5 nitrogen and oxygen atoms in total. The Balaban J connectivity index is 0.00000441. The smallest absolute Gasteiger partial charge is 0.338 e. The summed E-state index contributed by atoms with van der Waals surface area (Å²) >= 11 is 0. The fourth-order valence-electron chi connectivity index (χ4n) is 1.62. The first-order valence-corrected chi connectivity index (χ1v) is 7.30. The Morgan fingerprint density at radius 3 is 2.36 bits per heavy atom. The van der Waals surface area contributed by atoms with Crippen LogP contribution in [0, 0.1) is 5.92 Å². The van der Waals surface area contributed by atoms with Gasteiger partial charge in [0.25, 0.3) is 0 Å². The molecule has 0 aliphatic heterocycles. The number of hydrogen-bond donors (Lipinski definition) is 2. The minimum absolute atomic E-state index is 0. The van der Waals surface area contributed by atoms with E-state index in [1.54, 1.807) is 24.3 Å². The van der Waals surface area contributed by atoms with Gasteiger partial charge in [-0.2, -0.15) is 0 Å². The molecule has 0 unspecified atom stereocenters. The third kappa shape index (κ3) is 8.00.